The Hall–Kier alpha value is -0.650. The number of morpholine rings is 1. The fourth-order valence-corrected chi connectivity index (χ4v) is 3.60. The molecule has 2 aliphatic rings. The molecule has 0 aromatic heterocycles. The van der Waals surface area contributed by atoms with Gasteiger partial charge in [0.1, 0.15) is 0 Å². The number of rotatable bonds is 5. The number of guanidine groups is 1. The third-order valence-corrected chi connectivity index (χ3v) is 5.40. The van der Waals surface area contributed by atoms with E-state index in [2.05, 4.69) is 38.9 Å². The van der Waals surface area contributed by atoms with E-state index in [9.17, 15) is 4.79 Å². The molecule has 3 N–H and O–H groups in total. The SMILES string of the molecule is CN=C(NCCN1CCOC(C)(C)C1)N1CCN(C(C)(C)C(N)=O)CC1.I. The third kappa shape index (κ3) is 6.72. The highest BCUT2D eigenvalue weighted by Gasteiger charge is 2.35. The molecule has 0 aromatic rings. The van der Waals surface area contributed by atoms with E-state index < -0.39 is 5.54 Å². The molecule has 0 bridgehead atoms. The summed E-state index contributed by atoms with van der Waals surface area (Å²) >= 11 is 0. The predicted molar refractivity (Wildman–Crippen MR) is 120 cm³/mol. The van der Waals surface area contributed by atoms with E-state index in [1.165, 1.54) is 0 Å². The van der Waals surface area contributed by atoms with Crippen molar-refractivity contribution < 1.29 is 9.53 Å². The van der Waals surface area contributed by atoms with Crippen LogP contribution in [-0.4, -0.2) is 104 Å². The molecule has 0 radical (unpaired) electrons. The molecule has 9 heteroatoms. The summed E-state index contributed by atoms with van der Waals surface area (Å²) in [6.45, 7) is 15.9. The van der Waals surface area contributed by atoms with E-state index in [1.54, 1.807) is 0 Å². The minimum atomic E-state index is -0.605. The second-order valence-electron chi connectivity index (χ2n) is 8.26. The maximum absolute atomic E-state index is 11.6. The summed E-state index contributed by atoms with van der Waals surface area (Å²) in [7, 11) is 1.82. The Balaban J connectivity index is 0.00000364. The van der Waals surface area contributed by atoms with E-state index in [0.29, 0.717) is 0 Å². The molecule has 0 aromatic carbocycles. The number of hydrogen-bond donors (Lipinski definition) is 2. The molecule has 158 valence electrons. The van der Waals surface area contributed by atoms with E-state index in [-0.39, 0.29) is 35.5 Å². The molecule has 2 aliphatic heterocycles. The predicted octanol–water partition coefficient (Wildman–Crippen LogP) is 0.172. The summed E-state index contributed by atoms with van der Waals surface area (Å²) in [4.78, 5) is 22.9. The number of nitrogens with one attached hydrogen (secondary N) is 1. The number of ether oxygens (including phenoxy) is 1. The fourth-order valence-electron chi connectivity index (χ4n) is 3.60. The standard InChI is InChI=1S/C18H36N6O2.HI/c1-17(2)14-22(12-13-26-17)7-6-21-16(20-5)23-8-10-24(11-9-23)18(3,4)15(19)25;/h6-14H2,1-5H3,(H2,19,25)(H,20,21);1H. The average Bonchev–Trinajstić information content (AvgIpc) is 2.58. The quantitative estimate of drug-likeness (QED) is 0.321. The summed E-state index contributed by atoms with van der Waals surface area (Å²) in [6, 6.07) is 0. The van der Waals surface area contributed by atoms with Crippen molar-refractivity contribution in [2.24, 2.45) is 10.7 Å². The van der Waals surface area contributed by atoms with Gasteiger partial charge >= 0.3 is 0 Å². The molecular formula is C18H37IN6O2. The second-order valence-corrected chi connectivity index (χ2v) is 8.26. The van der Waals surface area contributed by atoms with Gasteiger partial charge in [0, 0.05) is 59.4 Å². The zero-order chi connectivity index (χ0) is 19.4. The molecule has 2 rings (SSSR count). The lowest BCUT2D eigenvalue weighted by Gasteiger charge is -2.43. The van der Waals surface area contributed by atoms with E-state index in [1.807, 2.05) is 20.9 Å². The van der Waals surface area contributed by atoms with Crippen LogP contribution in [0.2, 0.25) is 0 Å². The first-order chi connectivity index (χ1) is 12.2. The second kappa shape index (κ2) is 10.2. The van der Waals surface area contributed by atoms with Crippen LogP contribution in [0.1, 0.15) is 27.7 Å². The number of piperazine rings is 1. The van der Waals surface area contributed by atoms with Crippen LogP contribution in [0.5, 0.6) is 0 Å². The van der Waals surface area contributed by atoms with Gasteiger partial charge in [0.05, 0.1) is 17.7 Å². The first-order valence-corrected chi connectivity index (χ1v) is 9.52. The molecule has 0 unspecified atom stereocenters. The van der Waals surface area contributed by atoms with Crippen LogP contribution in [-0.2, 0) is 9.53 Å². The first-order valence-electron chi connectivity index (χ1n) is 9.52. The van der Waals surface area contributed by atoms with Gasteiger partial charge in [-0.15, -0.1) is 24.0 Å². The molecule has 2 saturated heterocycles. The lowest BCUT2D eigenvalue weighted by molar-refractivity contribution is -0.129. The number of aliphatic imine (C=N–C) groups is 1. The topological polar surface area (TPSA) is 86.4 Å². The summed E-state index contributed by atoms with van der Waals surface area (Å²) in [5.41, 5.74) is 4.86. The van der Waals surface area contributed by atoms with Crippen molar-refractivity contribution in [3.8, 4) is 0 Å². The van der Waals surface area contributed by atoms with Gasteiger partial charge in [-0.1, -0.05) is 0 Å². The van der Waals surface area contributed by atoms with Crippen LogP contribution in [0.3, 0.4) is 0 Å². The zero-order valence-electron chi connectivity index (χ0n) is 17.5. The van der Waals surface area contributed by atoms with Crippen molar-refractivity contribution in [2.45, 2.75) is 38.8 Å². The molecular weight excluding hydrogens is 459 g/mol. The monoisotopic (exact) mass is 496 g/mol. The van der Waals surface area contributed by atoms with Crippen molar-refractivity contribution in [2.75, 3.05) is 66.0 Å². The van der Waals surface area contributed by atoms with Crippen LogP contribution >= 0.6 is 24.0 Å². The highest BCUT2D eigenvalue weighted by Crippen LogP contribution is 2.17. The highest BCUT2D eigenvalue weighted by atomic mass is 127. The van der Waals surface area contributed by atoms with Crippen LogP contribution in [0, 0.1) is 0 Å². The highest BCUT2D eigenvalue weighted by molar-refractivity contribution is 14.0. The zero-order valence-corrected chi connectivity index (χ0v) is 19.8. The largest absolute Gasteiger partial charge is 0.373 e. The maximum atomic E-state index is 11.6. The average molecular weight is 496 g/mol. The van der Waals surface area contributed by atoms with Crippen molar-refractivity contribution in [3.05, 3.63) is 0 Å². The summed E-state index contributed by atoms with van der Waals surface area (Å²) in [6.07, 6.45) is 0. The molecule has 0 spiro atoms. The molecule has 8 nitrogen and oxygen atoms in total. The van der Waals surface area contributed by atoms with Crippen LogP contribution in [0.4, 0.5) is 0 Å². The van der Waals surface area contributed by atoms with E-state index >= 15 is 0 Å². The molecule has 0 aliphatic carbocycles. The number of carbonyl (C=O) groups is 1. The van der Waals surface area contributed by atoms with Gasteiger partial charge in [0.25, 0.3) is 0 Å². The van der Waals surface area contributed by atoms with Crippen molar-refractivity contribution in [3.63, 3.8) is 0 Å². The van der Waals surface area contributed by atoms with Gasteiger partial charge in [0.2, 0.25) is 5.91 Å². The number of amides is 1. The molecule has 0 saturated carbocycles. The van der Waals surface area contributed by atoms with Gasteiger partial charge < -0.3 is 20.7 Å². The first kappa shape index (κ1) is 24.4. The Morgan fingerprint density at radius 3 is 2.37 bits per heavy atom. The van der Waals surface area contributed by atoms with Gasteiger partial charge in [-0.3, -0.25) is 19.6 Å². The van der Waals surface area contributed by atoms with Gasteiger partial charge in [-0.2, -0.15) is 0 Å². The van der Waals surface area contributed by atoms with Crippen molar-refractivity contribution >= 4 is 35.8 Å². The normalized spacial score (nSPS) is 22.3. The molecule has 2 heterocycles. The molecule has 2 fully saturated rings. The Bertz CT molecular complexity index is 518. The molecule has 27 heavy (non-hydrogen) atoms. The number of nitrogens with two attached hydrogens (primary N) is 1. The number of primary amides is 1. The number of halogens is 1. The minimum Gasteiger partial charge on any atom is -0.373 e. The Morgan fingerprint density at radius 1 is 1.22 bits per heavy atom. The smallest absolute Gasteiger partial charge is 0.237 e. The number of nitrogens with zero attached hydrogens (tertiary/aromatic N) is 4. The van der Waals surface area contributed by atoms with Crippen molar-refractivity contribution in [1.29, 1.82) is 0 Å². The van der Waals surface area contributed by atoms with Crippen LogP contribution in [0.15, 0.2) is 4.99 Å². The summed E-state index contributed by atoms with van der Waals surface area (Å²) < 4.78 is 5.76. The summed E-state index contributed by atoms with van der Waals surface area (Å²) in [5, 5.41) is 3.47. The van der Waals surface area contributed by atoms with Crippen LogP contribution in [0.25, 0.3) is 0 Å². The lowest BCUT2D eigenvalue weighted by atomic mass is 10.0. The van der Waals surface area contributed by atoms with Crippen LogP contribution < -0.4 is 11.1 Å². The van der Waals surface area contributed by atoms with Gasteiger partial charge in [-0.25, -0.2) is 0 Å². The third-order valence-electron chi connectivity index (χ3n) is 5.40. The number of hydrogen-bond acceptors (Lipinski definition) is 5. The Morgan fingerprint density at radius 2 is 1.85 bits per heavy atom. The Labute approximate surface area is 180 Å². The summed E-state index contributed by atoms with van der Waals surface area (Å²) in [5.74, 6) is 0.649. The Kier molecular flexibility index (Phi) is 9.23. The van der Waals surface area contributed by atoms with Crippen molar-refractivity contribution in [1.82, 2.24) is 20.0 Å². The maximum Gasteiger partial charge on any atom is 0.237 e. The van der Waals surface area contributed by atoms with Gasteiger partial charge in [-0.05, 0) is 27.7 Å². The minimum absolute atomic E-state index is 0. The molecule has 1 amide bonds. The lowest BCUT2D eigenvalue weighted by Crippen LogP contribution is -2.61. The molecule has 0 atom stereocenters. The van der Waals surface area contributed by atoms with Gasteiger partial charge in [0.15, 0.2) is 5.96 Å². The number of carbonyl (C=O) groups excluding carboxylic acids is 1. The van der Waals surface area contributed by atoms with E-state index in [4.69, 9.17) is 10.5 Å². The van der Waals surface area contributed by atoms with E-state index in [0.717, 1.165) is 64.9 Å². The fraction of sp³-hybridized carbons (Fsp3) is 0.889.